The molecule has 11 rings (SSSR count). The molecule has 0 bridgehead atoms. The summed E-state index contributed by atoms with van der Waals surface area (Å²) in [7, 11) is 0. The van der Waals surface area contributed by atoms with Gasteiger partial charge in [0.2, 0.25) is 0 Å². The second-order valence-corrected chi connectivity index (χ2v) is 14.9. The predicted molar refractivity (Wildman–Crippen MR) is 232 cm³/mol. The van der Waals surface area contributed by atoms with E-state index in [9.17, 15) is 0 Å². The normalized spacial score (nSPS) is 11.6. The molecule has 0 aliphatic heterocycles. The van der Waals surface area contributed by atoms with Crippen molar-refractivity contribution in [3.05, 3.63) is 183 Å². The van der Waals surface area contributed by atoms with E-state index in [-0.39, 0.29) is 0 Å². The Morgan fingerprint density at radius 3 is 1.66 bits per heavy atom. The summed E-state index contributed by atoms with van der Waals surface area (Å²) in [5.74, 6) is 0. The summed E-state index contributed by atoms with van der Waals surface area (Å²) < 4.78 is 1.05. The Balaban J connectivity index is 0.987. The van der Waals surface area contributed by atoms with Crippen molar-refractivity contribution in [1.29, 1.82) is 0 Å². The molecule has 11 aromatic rings. The van der Waals surface area contributed by atoms with Crippen molar-refractivity contribution >= 4 is 81.4 Å². The number of nitrogens with zero attached hydrogens (tertiary/aromatic N) is 6. The van der Waals surface area contributed by atoms with E-state index in [0.29, 0.717) is 0 Å². The maximum absolute atomic E-state index is 4.75. The van der Waals surface area contributed by atoms with Gasteiger partial charge >= 0.3 is 0 Å². The zero-order valence-corrected chi connectivity index (χ0v) is 30.7. The molecule has 5 heterocycles. The number of para-hydroxylation sites is 2. The molecule has 0 fully saturated rings. The highest BCUT2D eigenvalue weighted by Crippen LogP contribution is 2.40. The maximum Gasteiger partial charge on any atom is 0.126 e. The van der Waals surface area contributed by atoms with Crippen molar-refractivity contribution in [1.82, 2.24) is 24.9 Å². The van der Waals surface area contributed by atoms with Gasteiger partial charge in [-0.2, -0.15) is 0 Å². The van der Waals surface area contributed by atoms with Crippen LogP contribution in [0.25, 0.3) is 86.5 Å². The first-order valence-electron chi connectivity index (χ1n) is 18.4. The molecule has 56 heavy (non-hydrogen) atoms. The SMILES string of the molecule is c1ccc2ncc(-c3ccc(N(c4ccc(-c5cnc6ccccc6c5)cc4)c4ccc5cc(-c6ncnc7c6sc6ncccc67)ccc5c4)cc3)cc2c1. The average molecular weight is 735 g/mol. The second kappa shape index (κ2) is 13.2. The van der Waals surface area contributed by atoms with E-state index in [1.165, 1.54) is 0 Å². The fraction of sp³-hybridized carbons (Fsp3) is 0. The minimum absolute atomic E-state index is 0.925. The van der Waals surface area contributed by atoms with Crippen molar-refractivity contribution in [2.45, 2.75) is 0 Å². The smallest absolute Gasteiger partial charge is 0.126 e. The van der Waals surface area contributed by atoms with Crippen LogP contribution in [-0.2, 0) is 0 Å². The molecule has 0 unspecified atom stereocenters. The largest absolute Gasteiger partial charge is 0.310 e. The van der Waals surface area contributed by atoms with Gasteiger partial charge in [-0.3, -0.25) is 9.97 Å². The van der Waals surface area contributed by atoms with Gasteiger partial charge in [0.05, 0.1) is 26.9 Å². The molecule has 0 N–H and O–H groups in total. The fourth-order valence-corrected chi connectivity index (χ4v) is 8.76. The van der Waals surface area contributed by atoms with Crippen LogP contribution in [0, 0.1) is 0 Å². The fourth-order valence-electron chi connectivity index (χ4n) is 7.65. The summed E-state index contributed by atoms with van der Waals surface area (Å²) in [6.07, 6.45) is 7.40. The number of rotatable bonds is 6. The van der Waals surface area contributed by atoms with Gasteiger partial charge in [0.1, 0.15) is 11.2 Å². The molecule has 0 aliphatic rings. The molecule has 0 spiro atoms. The quantitative estimate of drug-likeness (QED) is 0.169. The molecule has 0 saturated heterocycles. The van der Waals surface area contributed by atoms with E-state index < -0.39 is 0 Å². The number of fused-ring (bicyclic) bond motifs is 6. The number of hydrogen-bond acceptors (Lipinski definition) is 7. The molecule has 262 valence electrons. The summed E-state index contributed by atoms with van der Waals surface area (Å²) in [6.45, 7) is 0. The van der Waals surface area contributed by atoms with Gasteiger partial charge in [0.15, 0.2) is 0 Å². The van der Waals surface area contributed by atoms with Crippen LogP contribution in [0.1, 0.15) is 0 Å². The van der Waals surface area contributed by atoms with Crippen molar-refractivity contribution in [2.75, 3.05) is 4.90 Å². The van der Waals surface area contributed by atoms with E-state index in [0.717, 1.165) is 104 Å². The summed E-state index contributed by atoms with van der Waals surface area (Å²) in [6, 6.07) is 55.7. The summed E-state index contributed by atoms with van der Waals surface area (Å²) in [5.41, 5.74) is 12.5. The van der Waals surface area contributed by atoms with Gasteiger partial charge in [-0.1, -0.05) is 78.9 Å². The van der Waals surface area contributed by atoms with Crippen LogP contribution in [0.3, 0.4) is 0 Å². The molecule has 0 saturated carbocycles. The van der Waals surface area contributed by atoms with Crippen LogP contribution in [-0.4, -0.2) is 24.9 Å². The van der Waals surface area contributed by atoms with E-state index in [2.05, 4.69) is 142 Å². The van der Waals surface area contributed by atoms with Gasteiger partial charge in [-0.15, -0.1) is 11.3 Å². The second-order valence-electron chi connectivity index (χ2n) is 13.9. The number of anilines is 3. The Bertz CT molecular complexity index is 3140. The standard InChI is InChI=1S/C49H30N6S/c1-3-9-44-35(6-1)25-38(28-51-44)31-13-18-40(19-14-31)55(41-20-15-32(16-21-41)39-26-36-7-2-4-10-45(36)52-29-39)42-22-17-33-24-37(12-11-34(33)27-42)46-48-47(54-30-53-46)43-8-5-23-50-49(43)56-48/h1-30H. The Morgan fingerprint density at radius 1 is 0.411 bits per heavy atom. The molecule has 0 aliphatic carbocycles. The van der Waals surface area contributed by atoms with E-state index >= 15 is 0 Å². The first-order valence-corrected chi connectivity index (χ1v) is 19.3. The Labute approximate surface area is 326 Å². The Morgan fingerprint density at radius 2 is 0.982 bits per heavy atom. The monoisotopic (exact) mass is 734 g/mol. The van der Waals surface area contributed by atoms with Crippen LogP contribution in [0.2, 0.25) is 0 Å². The number of aromatic nitrogens is 5. The summed E-state index contributed by atoms with van der Waals surface area (Å²) in [5, 5.41) is 5.58. The summed E-state index contributed by atoms with van der Waals surface area (Å²) in [4.78, 5) is 26.7. The zero-order valence-electron chi connectivity index (χ0n) is 29.9. The van der Waals surface area contributed by atoms with Gasteiger partial charge in [-0.05, 0) is 101 Å². The number of thiophene rings is 1. The number of hydrogen-bond donors (Lipinski definition) is 0. The minimum Gasteiger partial charge on any atom is -0.310 e. The van der Waals surface area contributed by atoms with Crippen molar-refractivity contribution in [3.8, 4) is 33.5 Å². The van der Waals surface area contributed by atoms with Crippen molar-refractivity contribution in [3.63, 3.8) is 0 Å². The van der Waals surface area contributed by atoms with E-state index in [1.807, 2.05) is 48.9 Å². The summed E-state index contributed by atoms with van der Waals surface area (Å²) >= 11 is 1.64. The third-order valence-corrected chi connectivity index (χ3v) is 11.6. The molecule has 0 radical (unpaired) electrons. The zero-order chi connectivity index (χ0) is 37.0. The van der Waals surface area contributed by atoms with Gasteiger partial charge in [0.25, 0.3) is 0 Å². The first-order chi connectivity index (χ1) is 27.7. The number of benzene rings is 6. The Hall–Kier alpha value is -7.35. The topological polar surface area (TPSA) is 67.7 Å². The van der Waals surface area contributed by atoms with Crippen molar-refractivity contribution in [2.24, 2.45) is 0 Å². The highest BCUT2D eigenvalue weighted by Gasteiger charge is 2.17. The highest BCUT2D eigenvalue weighted by atomic mass is 32.1. The lowest BCUT2D eigenvalue weighted by atomic mass is 10.0. The highest BCUT2D eigenvalue weighted by molar-refractivity contribution is 7.25. The Kier molecular flexibility index (Phi) is 7.57. The van der Waals surface area contributed by atoms with Gasteiger partial charge in [-0.25, -0.2) is 15.0 Å². The van der Waals surface area contributed by atoms with E-state index in [1.54, 1.807) is 17.7 Å². The molecule has 5 aromatic heterocycles. The van der Waals surface area contributed by atoms with Crippen LogP contribution in [0.4, 0.5) is 17.1 Å². The first kappa shape index (κ1) is 32.1. The molecule has 6 aromatic carbocycles. The lowest BCUT2D eigenvalue weighted by molar-refractivity contribution is 1.24. The third kappa shape index (κ3) is 5.61. The molecular weight excluding hydrogens is 705 g/mol. The van der Waals surface area contributed by atoms with Crippen LogP contribution >= 0.6 is 11.3 Å². The lowest BCUT2D eigenvalue weighted by Crippen LogP contribution is -2.09. The van der Waals surface area contributed by atoms with Gasteiger partial charge < -0.3 is 4.90 Å². The van der Waals surface area contributed by atoms with Crippen LogP contribution < -0.4 is 4.90 Å². The number of pyridine rings is 3. The molecule has 7 heteroatoms. The average Bonchev–Trinajstić information content (AvgIpc) is 3.66. The van der Waals surface area contributed by atoms with Crippen molar-refractivity contribution < 1.29 is 0 Å². The molecule has 0 atom stereocenters. The van der Waals surface area contributed by atoms with Crippen LogP contribution in [0.15, 0.2) is 183 Å². The third-order valence-electron chi connectivity index (χ3n) is 10.5. The predicted octanol–water partition coefficient (Wildman–Crippen LogP) is 13.0. The van der Waals surface area contributed by atoms with Gasteiger partial charge in [0, 0.05) is 68.5 Å². The lowest BCUT2D eigenvalue weighted by Gasteiger charge is -2.26. The van der Waals surface area contributed by atoms with E-state index in [4.69, 9.17) is 15.0 Å². The van der Waals surface area contributed by atoms with Crippen LogP contribution in [0.5, 0.6) is 0 Å². The molecule has 0 amide bonds. The molecule has 6 nitrogen and oxygen atoms in total. The molecular formula is C49H30N6S. The minimum atomic E-state index is 0.925. The maximum atomic E-state index is 4.75.